The van der Waals surface area contributed by atoms with Crippen molar-refractivity contribution < 1.29 is 13.2 Å². The van der Waals surface area contributed by atoms with Crippen LogP contribution in [-0.2, 0) is 27.8 Å². The lowest BCUT2D eigenvalue weighted by molar-refractivity contribution is -0.117. The molecular weight excluding hydrogens is 440 g/mol. The first kappa shape index (κ1) is 21.3. The van der Waals surface area contributed by atoms with Gasteiger partial charge in [-0.1, -0.05) is 18.6 Å². The van der Waals surface area contributed by atoms with Crippen molar-refractivity contribution in [1.29, 1.82) is 0 Å². The number of sulfonamides is 1. The van der Waals surface area contributed by atoms with Crippen molar-refractivity contribution in [2.24, 2.45) is 4.99 Å². The summed E-state index contributed by atoms with van der Waals surface area (Å²) in [7, 11) is -3.65. The van der Waals surface area contributed by atoms with Crippen molar-refractivity contribution in [2.45, 2.75) is 50.1 Å². The monoisotopic (exact) mass is 464 g/mol. The molecule has 0 radical (unpaired) electrons. The van der Waals surface area contributed by atoms with Gasteiger partial charge in [-0.05, 0) is 56.2 Å². The molecule has 0 bridgehead atoms. The van der Waals surface area contributed by atoms with Crippen LogP contribution in [-0.4, -0.2) is 41.0 Å². The molecule has 0 saturated carbocycles. The number of benzene rings is 2. The molecule has 0 aliphatic carbocycles. The summed E-state index contributed by atoms with van der Waals surface area (Å²) < 4.78 is 29.1. The van der Waals surface area contributed by atoms with E-state index in [0.717, 1.165) is 43.0 Å². The second-order valence-electron chi connectivity index (χ2n) is 8.22. The summed E-state index contributed by atoms with van der Waals surface area (Å²) in [5, 5.41) is 11.5. The van der Waals surface area contributed by atoms with Crippen LogP contribution in [0, 0.1) is 0 Å². The number of nitrogens with zero attached hydrogens (tertiary/aromatic N) is 4. The second-order valence-corrected chi connectivity index (χ2v) is 9.87. The van der Waals surface area contributed by atoms with Gasteiger partial charge < -0.3 is 9.88 Å². The number of aryl methyl sites for hydroxylation is 1. The van der Waals surface area contributed by atoms with Crippen LogP contribution in [0.15, 0.2) is 58.4 Å². The zero-order chi connectivity index (χ0) is 23.0. The summed E-state index contributed by atoms with van der Waals surface area (Å²) in [6.45, 7) is 2.54. The minimum absolute atomic E-state index is 0.165. The molecule has 2 aromatic carbocycles. The van der Waals surface area contributed by atoms with E-state index in [1.165, 1.54) is 12.5 Å². The summed E-state index contributed by atoms with van der Waals surface area (Å²) in [4.78, 5) is 17.2. The van der Waals surface area contributed by atoms with Crippen LogP contribution in [0.1, 0.15) is 37.6 Å². The fourth-order valence-corrected chi connectivity index (χ4v) is 5.37. The Bertz CT molecular complexity index is 1340. The highest BCUT2D eigenvalue weighted by atomic mass is 32.2. The molecule has 2 aliphatic rings. The van der Waals surface area contributed by atoms with Gasteiger partial charge >= 0.3 is 0 Å². The molecule has 0 spiro atoms. The number of carbonyl (C=O) groups excluding carboxylic acids is 1. The molecule has 170 valence electrons. The fourth-order valence-electron chi connectivity index (χ4n) is 4.13. The number of amides is 1. The lowest BCUT2D eigenvalue weighted by Crippen LogP contribution is -2.28. The largest absolute Gasteiger partial charge is 0.324 e. The molecule has 1 atom stereocenters. The second kappa shape index (κ2) is 8.43. The molecule has 0 unspecified atom stereocenters. The Morgan fingerprint density at radius 3 is 2.70 bits per heavy atom. The van der Waals surface area contributed by atoms with Crippen LogP contribution >= 0.6 is 0 Å². The number of anilines is 1. The van der Waals surface area contributed by atoms with Gasteiger partial charge in [0.2, 0.25) is 5.91 Å². The number of hydrogen-bond donors (Lipinski definition) is 2. The minimum Gasteiger partial charge on any atom is -0.324 e. The van der Waals surface area contributed by atoms with E-state index in [4.69, 9.17) is 0 Å². The Morgan fingerprint density at radius 1 is 1.09 bits per heavy atom. The molecule has 1 amide bonds. The standard InChI is InChI=1S/C23H24N6O3S/c1-15(24-21-18-7-4-5-8-19(18)33(31,32)28-21)23(30)25-17-12-10-16(11-13-17)22-27-26-20-9-3-2-6-14-29(20)22/h4-5,7-8,10-13,15H,2-3,6,9,14H2,1H3,(H,24,28)(H,25,30)/t15-/m1/s1. The minimum atomic E-state index is -3.65. The first-order valence-corrected chi connectivity index (χ1v) is 12.4. The molecule has 2 aliphatic heterocycles. The predicted octanol–water partition coefficient (Wildman–Crippen LogP) is 2.74. The van der Waals surface area contributed by atoms with Crippen LogP contribution in [0.4, 0.5) is 5.69 Å². The van der Waals surface area contributed by atoms with Gasteiger partial charge in [0, 0.05) is 29.8 Å². The Morgan fingerprint density at radius 2 is 1.88 bits per heavy atom. The molecule has 0 fully saturated rings. The number of carbonyl (C=O) groups is 1. The zero-order valence-electron chi connectivity index (χ0n) is 18.2. The maximum atomic E-state index is 12.7. The number of fused-ring (bicyclic) bond motifs is 2. The molecule has 3 aromatic rings. The van der Waals surface area contributed by atoms with Crippen molar-refractivity contribution >= 4 is 27.5 Å². The van der Waals surface area contributed by atoms with Crippen LogP contribution < -0.4 is 10.0 Å². The molecule has 10 heteroatoms. The van der Waals surface area contributed by atoms with Crippen molar-refractivity contribution in [3.05, 3.63) is 59.9 Å². The molecule has 9 nitrogen and oxygen atoms in total. The Kier molecular flexibility index (Phi) is 5.45. The van der Waals surface area contributed by atoms with Crippen LogP contribution in [0.3, 0.4) is 0 Å². The average Bonchev–Trinajstić information content (AvgIpc) is 3.21. The van der Waals surface area contributed by atoms with Gasteiger partial charge in [0.1, 0.15) is 17.7 Å². The van der Waals surface area contributed by atoms with Gasteiger partial charge in [-0.3, -0.25) is 14.5 Å². The lowest BCUT2D eigenvalue weighted by atomic mass is 10.2. The highest BCUT2D eigenvalue weighted by Crippen LogP contribution is 2.25. The summed E-state index contributed by atoms with van der Waals surface area (Å²) in [6.07, 6.45) is 4.40. The van der Waals surface area contributed by atoms with Crippen molar-refractivity contribution in [3.63, 3.8) is 0 Å². The predicted molar refractivity (Wildman–Crippen MR) is 124 cm³/mol. The number of aliphatic imine (C=N–C) groups is 1. The molecule has 3 heterocycles. The van der Waals surface area contributed by atoms with Crippen molar-refractivity contribution in [2.75, 3.05) is 5.32 Å². The summed E-state index contributed by atoms with van der Waals surface area (Å²) in [6, 6.07) is 13.2. The van der Waals surface area contributed by atoms with E-state index in [1.807, 2.05) is 24.3 Å². The first-order valence-electron chi connectivity index (χ1n) is 11.0. The van der Waals surface area contributed by atoms with E-state index >= 15 is 0 Å². The summed E-state index contributed by atoms with van der Waals surface area (Å²) in [5.41, 5.74) is 2.03. The zero-order valence-corrected chi connectivity index (χ0v) is 19.0. The Hall–Kier alpha value is -3.53. The number of aromatic nitrogens is 3. The van der Waals surface area contributed by atoms with Crippen molar-refractivity contribution in [1.82, 2.24) is 19.5 Å². The van der Waals surface area contributed by atoms with Gasteiger partial charge in [-0.25, -0.2) is 8.42 Å². The number of rotatable bonds is 4. The van der Waals surface area contributed by atoms with Crippen molar-refractivity contribution in [3.8, 4) is 11.4 Å². The third kappa shape index (κ3) is 4.13. The van der Waals surface area contributed by atoms with Gasteiger partial charge in [0.15, 0.2) is 5.82 Å². The Balaban J connectivity index is 1.30. The molecule has 1 aromatic heterocycles. The number of amidine groups is 1. The quantitative estimate of drug-likeness (QED) is 0.616. The van der Waals surface area contributed by atoms with E-state index in [2.05, 4.69) is 29.8 Å². The van der Waals surface area contributed by atoms with E-state index in [1.54, 1.807) is 25.1 Å². The van der Waals surface area contributed by atoms with E-state index < -0.39 is 16.1 Å². The summed E-state index contributed by atoms with van der Waals surface area (Å²) in [5.74, 6) is 1.71. The number of hydrogen-bond acceptors (Lipinski definition) is 6. The normalized spacial score (nSPS) is 18.6. The van der Waals surface area contributed by atoms with Gasteiger partial charge in [0.05, 0.1) is 4.90 Å². The summed E-state index contributed by atoms with van der Waals surface area (Å²) >= 11 is 0. The topological polar surface area (TPSA) is 118 Å². The molecule has 5 rings (SSSR count). The lowest BCUT2D eigenvalue weighted by Gasteiger charge is -2.11. The maximum Gasteiger partial charge on any atom is 0.263 e. The fraction of sp³-hybridized carbons (Fsp3) is 0.304. The van der Waals surface area contributed by atoms with Gasteiger partial charge in [0.25, 0.3) is 10.0 Å². The third-order valence-corrected chi connectivity index (χ3v) is 7.28. The van der Waals surface area contributed by atoms with E-state index in [9.17, 15) is 13.2 Å². The van der Waals surface area contributed by atoms with Crippen LogP contribution in [0.25, 0.3) is 11.4 Å². The van der Waals surface area contributed by atoms with Crippen LogP contribution in [0.5, 0.6) is 0 Å². The van der Waals surface area contributed by atoms with Gasteiger partial charge in [-0.15, -0.1) is 10.2 Å². The molecule has 2 N–H and O–H groups in total. The smallest absolute Gasteiger partial charge is 0.263 e. The SMILES string of the molecule is C[C@@H](N=C1NS(=O)(=O)c2ccccc21)C(=O)Nc1ccc(-c2nnc3n2CCCCC3)cc1. The maximum absolute atomic E-state index is 12.7. The van der Waals surface area contributed by atoms with Crippen LogP contribution in [0.2, 0.25) is 0 Å². The highest BCUT2D eigenvalue weighted by Gasteiger charge is 2.31. The van der Waals surface area contributed by atoms with E-state index in [0.29, 0.717) is 11.3 Å². The first-order chi connectivity index (χ1) is 15.9. The van der Waals surface area contributed by atoms with E-state index in [-0.39, 0.29) is 16.6 Å². The third-order valence-electron chi connectivity index (χ3n) is 5.89. The molecule has 33 heavy (non-hydrogen) atoms. The molecular formula is C23H24N6O3S. The Labute approximate surface area is 192 Å². The highest BCUT2D eigenvalue weighted by molar-refractivity contribution is 7.90. The van der Waals surface area contributed by atoms with Gasteiger partial charge in [-0.2, -0.15) is 0 Å². The average molecular weight is 465 g/mol. The molecule has 0 saturated heterocycles. The number of nitrogens with one attached hydrogen (secondary N) is 2.